The molecule has 4 rings (SSSR count). The first-order chi connectivity index (χ1) is 18.2. The lowest BCUT2D eigenvalue weighted by molar-refractivity contribution is -0.123. The van der Waals surface area contributed by atoms with E-state index in [4.69, 9.17) is 25.8 Å². The maximum absolute atomic E-state index is 12.9. The highest BCUT2D eigenvalue weighted by atomic mass is 35.5. The minimum absolute atomic E-state index is 0.0635. The molecule has 0 bridgehead atoms. The van der Waals surface area contributed by atoms with E-state index in [2.05, 4.69) is 0 Å². The Labute approximate surface area is 230 Å². The van der Waals surface area contributed by atoms with Crippen molar-refractivity contribution in [3.8, 4) is 17.2 Å². The molecule has 2 amide bonds. The highest BCUT2D eigenvalue weighted by Gasteiger charge is 2.35. The van der Waals surface area contributed by atoms with Crippen LogP contribution in [0.4, 0.5) is 4.79 Å². The molecule has 1 aliphatic heterocycles. The van der Waals surface area contributed by atoms with E-state index in [-0.39, 0.29) is 39.8 Å². The van der Waals surface area contributed by atoms with Gasteiger partial charge in [0.1, 0.15) is 12.4 Å². The summed E-state index contributed by atoms with van der Waals surface area (Å²) < 4.78 is 16.7. The van der Waals surface area contributed by atoms with Crippen molar-refractivity contribution in [1.82, 2.24) is 4.90 Å². The van der Waals surface area contributed by atoms with Crippen LogP contribution in [0, 0.1) is 20.8 Å². The molecular weight excluding hydrogens is 526 g/mol. The number of hydrogen-bond donors (Lipinski definition) is 0. The van der Waals surface area contributed by atoms with Crippen molar-refractivity contribution < 1.29 is 28.6 Å². The average molecular weight is 552 g/mol. The molecule has 1 heterocycles. The Kier molecular flexibility index (Phi) is 8.44. The Balaban J connectivity index is 1.47. The van der Waals surface area contributed by atoms with Crippen molar-refractivity contribution in [3.63, 3.8) is 0 Å². The van der Waals surface area contributed by atoms with Crippen LogP contribution in [0.15, 0.2) is 59.5 Å². The summed E-state index contributed by atoms with van der Waals surface area (Å²) in [5.74, 6) is -0.00644. The van der Waals surface area contributed by atoms with Gasteiger partial charge in [0.15, 0.2) is 11.5 Å². The van der Waals surface area contributed by atoms with E-state index < -0.39 is 11.9 Å². The van der Waals surface area contributed by atoms with Crippen molar-refractivity contribution in [2.45, 2.75) is 20.8 Å². The second-order valence-corrected chi connectivity index (χ2v) is 10.1. The maximum atomic E-state index is 12.9. The van der Waals surface area contributed by atoms with Crippen LogP contribution in [0.2, 0.25) is 5.02 Å². The minimum atomic E-state index is -0.581. The van der Waals surface area contributed by atoms with Crippen LogP contribution < -0.4 is 14.2 Å². The average Bonchev–Trinajstić information content (AvgIpc) is 3.15. The van der Waals surface area contributed by atoms with Crippen LogP contribution in [0.5, 0.6) is 17.2 Å². The number of aryl methyl sites for hydroxylation is 3. The topological polar surface area (TPSA) is 82.1 Å². The molecule has 3 aromatic rings. The van der Waals surface area contributed by atoms with Gasteiger partial charge >= 0.3 is 5.97 Å². The monoisotopic (exact) mass is 551 g/mol. The Hall–Kier alpha value is -3.75. The fourth-order valence-corrected chi connectivity index (χ4v) is 4.84. The third kappa shape index (κ3) is 6.20. The molecule has 1 saturated heterocycles. The van der Waals surface area contributed by atoms with Gasteiger partial charge in [-0.2, -0.15) is 0 Å². The van der Waals surface area contributed by atoms with E-state index in [1.54, 1.807) is 42.5 Å². The third-order valence-corrected chi connectivity index (χ3v) is 7.01. The lowest BCUT2D eigenvalue weighted by Crippen LogP contribution is -2.32. The maximum Gasteiger partial charge on any atom is 0.343 e. The first-order valence-corrected chi connectivity index (χ1v) is 13.0. The van der Waals surface area contributed by atoms with Gasteiger partial charge in [0.2, 0.25) is 0 Å². The highest BCUT2D eigenvalue weighted by molar-refractivity contribution is 8.18. The van der Waals surface area contributed by atoms with Gasteiger partial charge in [0.05, 0.1) is 29.1 Å². The van der Waals surface area contributed by atoms with Gasteiger partial charge in [-0.15, -0.1) is 0 Å². The van der Waals surface area contributed by atoms with Gasteiger partial charge < -0.3 is 14.2 Å². The fraction of sp³-hybridized carbons (Fsp3) is 0.207. The van der Waals surface area contributed by atoms with Gasteiger partial charge in [-0.1, -0.05) is 41.4 Å². The lowest BCUT2D eigenvalue weighted by atomic mass is 10.1. The second kappa shape index (κ2) is 11.8. The number of carbonyl (C=O) groups is 3. The SMILES string of the molecule is COc1cc(/C=C2\SC(=O)N(CCOc3cc(C)ccc3C)C2=O)cc(Cl)c1OC(=O)c1ccc(C)cc1. The van der Waals surface area contributed by atoms with E-state index in [0.717, 1.165) is 39.1 Å². The van der Waals surface area contributed by atoms with E-state index in [9.17, 15) is 14.4 Å². The Morgan fingerprint density at radius 1 is 0.974 bits per heavy atom. The predicted octanol–water partition coefficient (Wildman–Crippen LogP) is 6.61. The number of carbonyl (C=O) groups excluding carboxylic acids is 3. The van der Waals surface area contributed by atoms with Crippen LogP contribution in [0.3, 0.4) is 0 Å². The van der Waals surface area contributed by atoms with Crippen LogP contribution in [-0.4, -0.2) is 42.3 Å². The first-order valence-electron chi connectivity index (χ1n) is 11.8. The van der Waals surface area contributed by atoms with Crippen molar-refractivity contribution in [2.75, 3.05) is 20.3 Å². The second-order valence-electron chi connectivity index (χ2n) is 8.74. The molecule has 0 saturated carbocycles. The number of esters is 1. The van der Waals surface area contributed by atoms with Gasteiger partial charge in [-0.25, -0.2) is 4.79 Å². The van der Waals surface area contributed by atoms with Crippen LogP contribution in [0.25, 0.3) is 6.08 Å². The molecule has 0 unspecified atom stereocenters. The zero-order chi connectivity index (χ0) is 27.4. The van der Waals surface area contributed by atoms with Crippen molar-refractivity contribution >= 4 is 46.6 Å². The molecule has 0 atom stereocenters. The van der Waals surface area contributed by atoms with E-state index in [1.807, 2.05) is 39.0 Å². The van der Waals surface area contributed by atoms with E-state index in [0.29, 0.717) is 11.1 Å². The number of halogens is 1. The normalized spacial score (nSPS) is 14.2. The summed E-state index contributed by atoms with van der Waals surface area (Å²) in [6, 6.07) is 15.9. The standard InChI is InChI=1S/C29H26ClNO6S/c1-17-6-9-21(10-7-17)28(33)37-26-22(30)14-20(15-24(26)35-4)16-25-27(32)31(29(34)38-25)11-12-36-23-13-18(2)5-8-19(23)3/h5-10,13-16H,11-12H2,1-4H3/b25-16-. The molecule has 9 heteroatoms. The summed E-state index contributed by atoms with van der Waals surface area (Å²) in [5, 5.41) is -0.260. The molecule has 0 N–H and O–H groups in total. The number of benzene rings is 3. The van der Waals surface area contributed by atoms with Crippen LogP contribution in [-0.2, 0) is 4.79 Å². The van der Waals surface area contributed by atoms with E-state index >= 15 is 0 Å². The quantitative estimate of drug-likeness (QED) is 0.177. The van der Waals surface area contributed by atoms with Gasteiger partial charge in [-0.3, -0.25) is 14.5 Å². The Morgan fingerprint density at radius 3 is 2.39 bits per heavy atom. The smallest absolute Gasteiger partial charge is 0.343 e. The summed E-state index contributed by atoms with van der Waals surface area (Å²) in [7, 11) is 1.42. The summed E-state index contributed by atoms with van der Waals surface area (Å²) >= 11 is 7.26. The van der Waals surface area contributed by atoms with Crippen molar-refractivity contribution in [2.24, 2.45) is 0 Å². The largest absolute Gasteiger partial charge is 0.493 e. The van der Waals surface area contributed by atoms with Gasteiger partial charge in [0.25, 0.3) is 11.1 Å². The molecule has 1 aliphatic rings. The number of rotatable bonds is 8. The van der Waals surface area contributed by atoms with Crippen LogP contribution in [0.1, 0.15) is 32.6 Å². The lowest BCUT2D eigenvalue weighted by Gasteiger charge is -2.14. The van der Waals surface area contributed by atoms with Gasteiger partial charge in [-0.05, 0) is 85.6 Å². The molecule has 3 aromatic carbocycles. The zero-order valence-electron chi connectivity index (χ0n) is 21.4. The molecule has 1 fully saturated rings. The predicted molar refractivity (Wildman–Crippen MR) is 148 cm³/mol. The molecular formula is C29H26ClNO6S. The summed E-state index contributed by atoms with van der Waals surface area (Å²) in [6.45, 7) is 6.12. The molecule has 38 heavy (non-hydrogen) atoms. The van der Waals surface area contributed by atoms with Gasteiger partial charge in [0, 0.05) is 0 Å². The minimum Gasteiger partial charge on any atom is -0.493 e. The molecule has 0 spiro atoms. The number of imide groups is 1. The molecule has 0 aromatic heterocycles. The third-order valence-electron chi connectivity index (χ3n) is 5.82. The summed E-state index contributed by atoms with van der Waals surface area (Å²) in [5.41, 5.74) is 3.93. The Morgan fingerprint density at radius 2 is 1.68 bits per heavy atom. The molecule has 0 radical (unpaired) electrons. The molecule has 7 nitrogen and oxygen atoms in total. The highest BCUT2D eigenvalue weighted by Crippen LogP contribution is 2.39. The van der Waals surface area contributed by atoms with E-state index in [1.165, 1.54) is 7.11 Å². The number of amides is 2. The molecule has 0 aliphatic carbocycles. The fourth-order valence-electron chi connectivity index (χ4n) is 3.72. The van der Waals surface area contributed by atoms with Crippen LogP contribution >= 0.6 is 23.4 Å². The number of ether oxygens (including phenoxy) is 3. The number of methoxy groups -OCH3 is 1. The number of nitrogens with zero attached hydrogens (tertiary/aromatic N) is 1. The van der Waals surface area contributed by atoms with Crippen molar-refractivity contribution in [3.05, 3.63) is 92.3 Å². The summed E-state index contributed by atoms with van der Waals surface area (Å²) in [6.07, 6.45) is 1.55. The number of hydrogen-bond acceptors (Lipinski definition) is 7. The molecule has 196 valence electrons. The van der Waals surface area contributed by atoms with Crippen molar-refractivity contribution in [1.29, 1.82) is 0 Å². The Bertz CT molecular complexity index is 1430. The number of thioether (sulfide) groups is 1. The zero-order valence-corrected chi connectivity index (χ0v) is 22.9. The first kappa shape index (κ1) is 27.3. The summed E-state index contributed by atoms with van der Waals surface area (Å²) in [4.78, 5) is 39.5.